The van der Waals surface area contributed by atoms with Crippen LogP contribution in [0.25, 0.3) is 0 Å². The maximum Gasteiger partial charge on any atom is 0.251 e. The van der Waals surface area contributed by atoms with E-state index in [0.717, 1.165) is 50.0 Å². The van der Waals surface area contributed by atoms with Gasteiger partial charge >= 0.3 is 0 Å². The highest BCUT2D eigenvalue weighted by Gasteiger charge is 2.22. The Morgan fingerprint density at radius 1 is 1.15 bits per heavy atom. The molecule has 1 atom stereocenters. The van der Waals surface area contributed by atoms with Gasteiger partial charge in [-0.05, 0) is 81.3 Å². The largest absolute Gasteiger partial charge is 0.349 e. The van der Waals surface area contributed by atoms with Gasteiger partial charge in [0, 0.05) is 23.7 Å². The topological polar surface area (TPSA) is 70.2 Å². The predicted molar refractivity (Wildman–Crippen MR) is 109 cm³/mol. The van der Waals surface area contributed by atoms with Crippen molar-refractivity contribution in [3.8, 4) is 0 Å². The van der Waals surface area contributed by atoms with E-state index >= 15 is 0 Å². The van der Waals surface area contributed by atoms with Gasteiger partial charge in [-0.15, -0.1) is 0 Å². The minimum absolute atomic E-state index is 0.0117. The van der Waals surface area contributed by atoms with E-state index in [1.165, 1.54) is 12.8 Å². The lowest BCUT2D eigenvalue weighted by molar-refractivity contribution is -0.117. The number of aryl methyl sites for hydroxylation is 1. The minimum Gasteiger partial charge on any atom is -0.349 e. The fourth-order valence-electron chi connectivity index (χ4n) is 4.36. The quantitative estimate of drug-likeness (QED) is 0.715. The van der Waals surface area contributed by atoms with Crippen LogP contribution in [-0.4, -0.2) is 30.9 Å². The molecule has 3 rings (SSSR count). The van der Waals surface area contributed by atoms with Crippen molar-refractivity contribution >= 4 is 17.5 Å². The summed E-state index contributed by atoms with van der Waals surface area (Å²) < 4.78 is 0. The Balaban J connectivity index is 1.53. The third-order valence-electron chi connectivity index (χ3n) is 6.15. The molecule has 1 saturated heterocycles. The predicted octanol–water partition coefficient (Wildman–Crippen LogP) is 3.63. The number of anilines is 1. The smallest absolute Gasteiger partial charge is 0.251 e. The summed E-state index contributed by atoms with van der Waals surface area (Å²) in [6, 6.07) is 5.85. The molecule has 0 radical (unpaired) electrons. The van der Waals surface area contributed by atoms with Gasteiger partial charge in [-0.25, -0.2) is 0 Å². The Hall–Kier alpha value is -1.88. The van der Waals surface area contributed by atoms with Crippen molar-refractivity contribution in [2.24, 2.45) is 11.8 Å². The molecule has 1 aliphatic carbocycles. The van der Waals surface area contributed by atoms with Gasteiger partial charge < -0.3 is 16.0 Å². The molecule has 1 aliphatic heterocycles. The van der Waals surface area contributed by atoms with Gasteiger partial charge in [-0.1, -0.05) is 19.8 Å². The SMILES string of the molecule is Cc1cc(C(=O)NC2CCCC2)ccc1NC(=O)CC(C)C1CCNCC1. The first kappa shape index (κ1) is 19.9. The number of rotatable bonds is 6. The summed E-state index contributed by atoms with van der Waals surface area (Å²) in [4.78, 5) is 24.9. The zero-order valence-electron chi connectivity index (χ0n) is 16.6. The van der Waals surface area contributed by atoms with E-state index in [2.05, 4.69) is 22.9 Å². The van der Waals surface area contributed by atoms with Crippen molar-refractivity contribution in [2.75, 3.05) is 18.4 Å². The molecule has 27 heavy (non-hydrogen) atoms. The standard InChI is InChI=1S/C22H33N3O2/c1-15(17-9-11-23-12-10-17)14-21(26)25-20-8-7-18(13-16(20)2)22(27)24-19-5-3-4-6-19/h7-8,13,15,17,19,23H,3-6,9-12,14H2,1-2H3,(H,24,27)(H,25,26). The first-order chi connectivity index (χ1) is 13.0. The fraction of sp³-hybridized carbons (Fsp3) is 0.636. The van der Waals surface area contributed by atoms with Gasteiger partial charge in [-0.3, -0.25) is 9.59 Å². The molecule has 0 aromatic heterocycles. The van der Waals surface area contributed by atoms with E-state index in [-0.39, 0.29) is 11.8 Å². The molecule has 5 heteroatoms. The van der Waals surface area contributed by atoms with Crippen LogP contribution >= 0.6 is 0 Å². The maximum atomic E-state index is 12.5. The van der Waals surface area contributed by atoms with Gasteiger partial charge in [0.05, 0.1) is 0 Å². The average Bonchev–Trinajstić information content (AvgIpc) is 3.17. The van der Waals surface area contributed by atoms with Crippen LogP contribution < -0.4 is 16.0 Å². The number of piperidine rings is 1. The number of carbonyl (C=O) groups excluding carboxylic acids is 2. The van der Waals surface area contributed by atoms with Gasteiger partial charge in [0.2, 0.25) is 5.91 Å². The van der Waals surface area contributed by atoms with Crippen molar-refractivity contribution in [1.82, 2.24) is 10.6 Å². The number of amides is 2. The summed E-state index contributed by atoms with van der Waals surface area (Å²) in [5.74, 6) is 1.07. The molecule has 0 spiro atoms. The zero-order chi connectivity index (χ0) is 19.2. The highest BCUT2D eigenvalue weighted by molar-refractivity contribution is 5.96. The van der Waals surface area contributed by atoms with Gasteiger partial charge in [-0.2, -0.15) is 0 Å². The number of hydrogen-bond donors (Lipinski definition) is 3. The molecule has 3 N–H and O–H groups in total. The second kappa shape index (κ2) is 9.36. The van der Waals surface area contributed by atoms with Gasteiger partial charge in [0.15, 0.2) is 0 Å². The maximum absolute atomic E-state index is 12.5. The Bertz CT molecular complexity index is 662. The van der Waals surface area contributed by atoms with Crippen LogP contribution in [0.1, 0.15) is 67.8 Å². The van der Waals surface area contributed by atoms with Crippen LogP contribution in [0.3, 0.4) is 0 Å². The van der Waals surface area contributed by atoms with Gasteiger partial charge in [0.25, 0.3) is 5.91 Å². The highest BCUT2D eigenvalue weighted by Crippen LogP contribution is 2.25. The molecule has 5 nitrogen and oxygen atoms in total. The Morgan fingerprint density at radius 2 is 1.85 bits per heavy atom. The van der Waals surface area contributed by atoms with Crippen molar-refractivity contribution < 1.29 is 9.59 Å². The number of benzene rings is 1. The molecule has 1 aromatic carbocycles. The monoisotopic (exact) mass is 371 g/mol. The van der Waals surface area contributed by atoms with E-state index < -0.39 is 0 Å². The van der Waals surface area contributed by atoms with Crippen molar-refractivity contribution in [1.29, 1.82) is 0 Å². The van der Waals surface area contributed by atoms with Crippen molar-refractivity contribution in [3.63, 3.8) is 0 Å². The highest BCUT2D eigenvalue weighted by atomic mass is 16.2. The lowest BCUT2D eigenvalue weighted by atomic mass is 9.84. The number of nitrogens with one attached hydrogen (secondary N) is 3. The molecular weight excluding hydrogens is 338 g/mol. The summed E-state index contributed by atoms with van der Waals surface area (Å²) in [6.07, 6.45) is 7.41. The third kappa shape index (κ3) is 5.55. The molecule has 1 heterocycles. The molecule has 2 aliphatic rings. The van der Waals surface area contributed by atoms with Crippen LogP contribution in [0.15, 0.2) is 18.2 Å². The first-order valence-corrected chi connectivity index (χ1v) is 10.4. The summed E-state index contributed by atoms with van der Waals surface area (Å²) in [5, 5.41) is 9.52. The lowest BCUT2D eigenvalue weighted by Gasteiger charge is -2.28. The van der Waals surface area contributed by atoms with Gasteiger partial charge in [0.1, 0.15) is 0 Å². The summed E-state index contributed by atoms with van der Waals surface area (Å²) in [7, 11) is 0. The van der Waals surface area contributed by atoms with Crippen molar-refractivity contribution in [2.45, 2.75) is 64.8 Å². The van der Waals surface area contributed by atoms with Crippen LogP contribution in [0.2, 0.25) is 0 Å². The Kier molecular flexibility index (Phi) is 6.89. The summed E-state index contributed by atoms with van der Waals surface area (Å²) in [6.45, 7) is 6.23. The Morgan fingerprint density at radius 3 is 2.52 bits per heavy atom. The first-order valence-electron chi connectivity index (χ1n) is 10.4. The summed E-state index contributed by atoms with van der Waals surface area (Å²) in [5.41, 5.74) is 2.40. The van der Waals surface area contributed by atoms with Crippen LogP contribution in [-0.2, 0) is 4.79 Å². The van der Waals surface area contributed by atoms with Crippen LogP contribution in [0.5, 0.6) is 0 Å². The average molecular weight is 372 g/mol. The number of hydrogen-bond acceptors (Lipinski definition) is 3. The third-order valence-corrected chi connectivity index (χ3v) is 6.15. The lowest BCUT2D eigenvalue weighted by Crippen LogP contribution is -2.32. The molecule has 0 bridgehead atoms. The second-order valence-electron chi connectivity index (χ2n) is 8.30. The fourth-order valence-corrected chi connectivity index (χ4v) is 4.36. The minimum atomic E-state index is -0.0117. The molecule has 1 aromatic rings. The molecule has 2 amide bonds. The Labute approximate surface area is 162 Å². The number of carbonyl (C=O) groups is 2. The molecular formula is C22H33N3O2. The normalized spacial score (nSPS) is 19.6. The molecule has 148 valence electrons. The van der Waals surface area contributed by atoms with Crippen LogP contribution in [0, 0.1) is 18.8 Å². The van der Waals surface area contributed by atoms with E-state index in [9.17, 15) is 9.59 Å². The second-order valence-corrected chi connectivity index (χ2v) is 8.30. The van der Waals surface area contributed by atoms with Crippen molar-refractivity contribution in [3.05, 3.63) is 29.3 Å². The summed E-state index contributed by atoms with van der Waals surface area (Å²) >= 11 is 0. The van der Waals surface area contributed by atoms with E-state index in [0.29, 0.717) is 29.9 Å². The van der Waals surface area contributed by atoms with E-state index in [1.807, 2.05) is 25.1 Å². The van der Waals surface area contributed by atoms with E-state index in [1.54, 1.807) is 0 Å². The molecule has 1 unspecified atom stereocenters. The zero-order valence-corrected chi connectivity index (χ0v) is 16.6. The molecule has 1 saturated carbocycles. The molecule has 2 fully saturated rings. The van der Waals surface area contributed by atoms with Crippen LogP contribution in [0.4, 0.5) is 5.69 Å². The van der Waals surface area contributed by atoms with E-state index in [4.69, 9.17) is 0 Å².